The zero-order valence-electron chi connectivity index (χ0n) is 31.7. The minimum absolute atomic E-state index is 0.0415. The Kier molecular flexibility index (Phi) is 11.9. The minimum atomic E-state index is -0.531. The lowest BCUT2D eigenvalue weighted by atomic mass is 9.67. The molecular formula is C44H56B2O8. The van der Waals surface area contributed by atoms with E-state index in [0.717, 1.165) is 98.1 Å². The summed E-state index contributed by atoms with van der Waals surface area (Å²) in [4.78, 5) is 0. The summed E-state index contributed by atoms with van der Waals surface area (Å²) in [7, 11) is -1.06. The largest absolute Gasteiger partial charge is 0.502 e. The molecular weight excluding hydrogens is 678 g/mol. The highest BCUT2D eigenvalue weighted by Gasteiger charge is 2.74. The number of rotatable bonds is 22. The molecule has 286 valence electrons. The van der Waals surface area contributed by atoms with Crippen LogP contribution < -0.4 is 29.9 Å². The van der Waals surface area contributed by atoms with E-state index in [2.05, 4.69) is 26.3 Å². The molecule has 8 rings (SSSR count). The van der Waals surface area contributed by atoms with Crippen molar-refractivity contribution in [1.82, 2.24) is 0 Å². The Hall–Kier alpha value is -3.43. The molecule has 4 saturated carbocycles. The molecule has 8 nitrogen and oxygen atoms in total. The molecule has 2 aromatic carbocycles. The highest BCUT2D eigenvalue weighted by Crippen LogP contribution is 2.70. The van der Waals surface area contributed by atoms with Crippen molar-refractivity contribution in [2.45, 2.75) is 88.6 Å². The van der Waals surface area contributed by atoms with Crippen LogP contribution in [0.2, 0.25) is 0 Å². The number of hydrogen-bond acceptors (Lipinski definition) is 8. The Morgan fingerprint density at radius 2 is 0.759 bits per heavy atom. The fourth-order valence-corrected chi connectivity index (χ4v) is 10.7. The number of benzene rings is 2. The fraction of sp³-hybridized carbons (Fsp3) is 0.545. The summed E-state index contributed by atoms with van der Waals surface area (Å²) in [5, 5.41) is 0. The quantitative estimate of drug-likeness (QED) is 0.0543. The first-order chi connectivity index (χ1) is 26.7. The lowest BCUT2D eigenvalue weighted by Crippen LogP contribution is -2.49. The summed E-state index contributed by atoms with van der Waals surface area (Å²) < 4.78 is 53.3. The number of hydrogen-bond donors (Lipinski definition) is 0. The molecule has 10 atom stereocenters. The Morgan fingerprint density at radius 1 is 0.481 bits per heavy atom. The van der Waals surface area contributed by atoms with Crippen molar-refractivity contribution in [2.75, 3.05) is 26.4 Å². The third kappa shape index (κ3) is 7.08. The second-order valence-corrected chi connectivity index (χ2v) is 15.8. The zero-order chi connectivity index (χ0) is 37.0. The molecule has 0 aromatic heterocycles. The Morgan fingerprint density at radius 3 is 1.02 bits per heavy atom. The molecule has 6 fully saturated rings. The van der Waals surface area contributed by atoms with Gasteiger partial charge in [-0.25, -0.2) is 0 Å². The maximum atomic E-state index is 6.97. The van der Waals surface area contributed by atoms with E-state index in [-0.39, 0.29) is 24.4 Å². The van der Waals surface area contributed by atoms with Crippen molar-refractivity contribution in [1.29, 1.82) is 0 Å². The van der Waals surface area contributed by atoms with Crippen LogP contribution in [0, 0.1) is 35.5 Å². The lowest BCUT2D eigenvalue weighted by molar-refractivity contribution is -0.0431. The van der Waals surface area contributed by atoms with Gasteiger partial charge in [0.2, 0.25) is 0 Å². The van der Waals surface area contributed by atoms with Crippen molar-refractivity contribution < 1.29 is 37.6 Å². The maximum absolute atomic E-state index is 6.97. The SMILES string of the molecule is C=CCCCOc1cccc(OCCCC=C)c1B1O[C@@H]2[C@H](O1)[C@@H]1C[C@H]2C2C1[C@@H]1C[C@H]2[C@H]2OB(c3c(OCCCC=C)cccc3OCCCC=C)O[C@H]21. The number of ether oxygens (including phenoxy) is 4. The molecule has 4 bridgehead atoms. The highest BCUT2D eigenvalue weighted by atomic mass is 16.7. The second kappa shape index (κ2) is 17.2. The van der Waals surface area contributed by atoms with Gasteiger partial charge in [0.05, 0.1) is 61.8 Å². The summed E-state index contributed by atoms with van der Waals surface area (Å²) in [6.45, 7) is 17.8. The van der Waals surface area contributed by atoms with Crippen LogP contribution in [0.15, 0.2) is 87.0 Å². The van der Waals surface area contributed by atoms with Crippen molar-refractivity contribution in [2.24, 2.45) is 35.5 Å². The summed E-state index contributed by atoms with van der Waals surface area (Å²) in [5.41, 5.74) is 1.74. The van der Waals surface area contributed by atoms with Gasteiger partial charge in [-0.15, -0.1) is 26.3 Å². The van der Waals surface area contributed by atoms with Crippen LogP contribution >= 0.6 is 0 Å². The van der Waals surface area contributed by atoms with E-state index >= 15 is 0 Å². The predicted molar refractivity (Wildman–Crippen MR) is 213 cm³/mol. The zero-order valence-corrected chi connectivity index (χ0v) is 31.7. The standard InChI is InChI=1S/C44H56B2O8/c1-5-9-13-23-47-33-19-17-20-34(48-24-14-10-6-2)39(33)45-51-41-29-27-30(42(41)52-45)38-32-28-31(37(29)38)43-44(32)54-46(53-43)40-35(49-25-15-11-7-3)21-18-22-36(40)50-26-16-12-8-4/h5-8,17-22,29-32,37-38,41-44H,1-4,9-16,23-28H2/t29-,30+,31+,32-,37?,38?,41-,42+,43+,44-. The van der Waals surface area contributed by atoms with E-state index in [1.54, 1.807) is 0 Å². The molecule has 0 radical (unpaired) electrons. The molecule has 0 spiro atoms. The number of allylic oxidation sites excluding steroid dienone is 4. The summed E-state index contributed by atoms with van der Waals surface area (Å²) in [5.74, 6) is 5.86. The lowest BCUT2D eigenvalue weighted by Gasteiger charge is -2.43. The van der Waals surface area contributed by atoms with Gasteiger partial charge in [-0.2, -0.15) is 0 Å². The van der Waals surface area contributed by atoms with Crippen LogP contribution in [-0.4, -0.2) is 65.1 Å². The van der Waals surface area contributed by atoms with Crippen LogP contribution in [0.1, 0.15) is 64.2 Å². The number of unbranched alkanes of at least 4 members (excludes halogenated alkanes) is 4. The third-order valence-corrected chi connectivity index (χ3v) is 12.7. The van der Waals surface area contributed by atoms with Crippen molar-refractivity contribution in [3.05, 3.63) is 87.0 Å². The van der Waals surface area contributed by atoms with Gasteiger partial charge in [-0.1, -0.05) is 36.4 Å². The molecule has 6 aliphatic rings. The predicted octanol–water partition coefficient (Wildman–Crippen LogP) is 7.26. The smallest absolute Gasteiger partial charge is 0.494 e. The van der Waals surface area contributed by atoms with E-state index in [1.807, 2.05) is 60.7 Å². The van der Waals surface area contributed by atoms with E-state index in [4.69, 9.17) is 37.6 Å². The second-order valence-electron chi connectivity index (χ2n) is 15.8. The van der Waals surface area contributed by atoms with E-state index in [0.29, 0.717) is 61.9 Å². The van der Waals surface area contributed by atoms with Gasteiger partial charge in [-0.05, 0) is 124 Å². The first-order valence-corrected chi connectivity index (χ1v) is 20.5. The molecule has 0 N–H and O–H groups in total. The average molecular weight is 735 g/mol. The van der Waals surface area contributed by atoms with Crippen LogP contribution in [0.3, 0.4) is 0 Å². The normalized spacial score (nSPS) is 30.9. The van der Waals surface area contributed by atoms with Gasteiger partial charge in [0, 0.05) is 0 Å². The summed E-state index contributed by atoms with van der Waals surface area (Å²) in [6.07, 6.45) is 17.4. The van der Waals surface area contributed by atoms with E-state index in [9.17, 15) is 0 Å². The van der Waals surface area contributed by atoms with Gasteiger partial charge >= 0.3 is 14.2 Å². The monoisotopic (exact) mass is 734 g/mol. The first-order valence-electron chi connectivity index (χ1n) is 20.5. The fourth-order valence-electron chi connectivity index (χ4n) is 10.7. The van der Waals surface area contributed by atoms with Crippen LogP contribution in [0.5, 0.6) is 23.0 Å². The molecule has 4 aliphatic carbocycles. The summed E-state index contributed by atoms with van der Waals surface area (Å²) >= 11 is 0. The van der Waals surface area contributed by atoms with Crippen LogP contribution in [0.4, 0.5) is 0 Å². The van der Waals surface area contributed by atoms with Gasteiger partial charge in [0.1, 0.15) is 23.0 Å². The molecule has 2 aromatic rings. The first kappa shape index (κ1) is 37.5. The number of fused-ring (bicyclic) bond motifs is 15. The van der Waals surface area contributed by atoms with Gasteiger partial charge < -0.3 is 37.6 Å². The highest BCUT2D eigenvalue weighted by molar-refractivity contribution is 6.64. The minimum Gasteiger partial charge on any atom is -0.494 e. The molecule has 2 saturated heterocycles. The Labute approximate surface area is 322 Å². The molecule has 2 unspecified atom stereocenters. The van der Waals surface area contributed by atoms with E-state index in [1.165, 1.54) is 0 Å². The molecule has 54 heavy (non-hydrogen) atoms. The molecule has 0 amide bonds. The van der Waals surface area contributed by atoms with Gasteiger partial charge in [0.15, 0.2) is 0 Å². The van der Waals surface area contributed by atoms with Gasteiger partial charge in [-0.3, -0.25) is 0 Å². The molecule has 10 heteroatoms. The molecule has 2 heterocycles. The third-order valence-electron chi connectivity index (χ3n) is 12.7. The van der Waals surface area contributed by atoms with Gasteiger partial charge in [0.25, 0.3) is 0 Å². The van der Waals surface area contributed by atoms with Crippen molar-refractivity contribution in [3.8, 4) is 23.0 Å². The summed E-state index contributed by atoms with van der Waals surface area (Å²) in [6, 6.07) is 12.0. The van der Waals surface area contributed by atoms with Crippen molar-refractivity contribution >= 4 is 25.2 Å². The Bertz CT molecular complexity index is 1430. The molecule has 2 aliphatic heterocycles. The van der Waals surface area contributed by atoms with E-state index < -0.39 is 14.2 Å². The van der Waals surface area contributed by atoms with Crippen LogP contribution in [0.25, 0.3) is 0 Å². The van der Waals surface area contributed by atoms with Crippen LogP contribution in [-0.2, 0) is 18.6 Å². The topological polar surface area (TPSA) is 73.8 Å². The maximum Gasteiger partial charge on any atom is 0.502 e. The average Bonchev–Trinajstić information content (AvgIpc) is 4.03. The Balaban J connectivity index is 0.988. The van der Waals surface area contributed by atoms with Crippen molar-refractivity contribution in [3.63, 3.8) is 0 Å².